The highest BCUT2D eigenvalue weighted by Gasteiger charge is 2.39. The summed E-state index contributed by atoms with van der Waals surface area (Å²) in [6.07, 6.45) is 1.76. The fraction of sp³-hybridized carbons (Fsp3) is 0.688. The van der Waals surface area contributed by atoms with Crippen LogP contribution in [0.2, 0.25) is 0 Å². The van der Waals surface area contributed by atoms with Gasteiger partial charge >= 0.3 is 0 Å². The van der Waals surface area contributed by atoms with Crippen LogP contribution in [0.15, 0.2) is 11.0 Å². The van der Waals surface area contributed by atoms with Gasteiger partial charge in [0.15, 0.2) is 5.65 Å². The van der Waals surface area contributed by atoms with E-state index in [4.69, 9.17) is 9.72 Å². The van der Waals surface area contributed by atoms with Crippen molar-refractivity contribution in [2.24, 2.45) is 0 Å². The topological polar surface area (TPSA) is 79.3 Å². The zero-order valence-corrected chi connectivity index (χ0v) is 14.6. The fourth-order valence-corrected chi connectivity index (χ4v) is 3.58. The van der Waals surface area contributed by atoms with Crippen LogP contribution in [0.5, 0.6) is 0 Å². The monoisotopic (exact) mass is 332 g/mol. The third kappa shape index (κ3) is 2.41. The molecule has 0 aliphatic carbocycles. The second kappa shape index (κ2) is 5.29. The molecule has 0 spiro atoms. The van der Waals surface area contributed by atoms with E-state index in [1.54, 1.807) is 6.20 Å². The molecule has 0 bridgehead atoms. The summed E-state index contributed by atoms with van der Waals surface area (Å²) in [6, 6.07) is 0.340. The molecule has 2 aromatic heterocycles. The van der Waals surface area contributed by atoms with E-state index in [0.29, 0.717) is 23.0 Å². The Balaban J connectivity index is 1.74. The normalized spacial score (nSPS) is 25.4. The second-order valence-electron chi connectivity index (χ2n) is 7.72. The minimum absolute atomic E-state index is 0.144. The molecule has 2 fully saturated rings. The molecule has 1 N–H and O–H groups in total. The lowest BCUT2D eigenvalue weighted by atomic mass is 10.1. The Kier molecular flexibility index (Phi) is 3.43. The summed E-state index contributed by atoms with van der Waals surface area (Å²) >= 11 is 0. The average molecular weight is 332 g/mol. The number of aromatic amines is 1. The number of likely N-dealkylation sites (N-methyl/N-ethyl adjacent to an activating group) is 1. The van der Waals surface area contributed by atoms with Crippen LogP contribution in [-0.2, 0) is 10.3 Å². The summed E-state index contributed by atoms with van der Waals surface area (Å²) in [4.78, 5) is 24.5. The highest BCUT2D eigenvalue weighted by atomic mass is 16.5. The van der Waals surface area contributed by atoms with Crippen molar-refractivity contribution in [2.45, 2.75) is 38.5 Å². The zero-order valence-electron chi connectivity index (χ0n) is 14.6. The molecule has 2 saturated heterocycles. The molecule has 130 valence electrons. The van der Waals surface area contributed by atoms with Crippen molar-refractivity contribution < 1.29 is 4.74 Å². The highest BCUT2D eigenvalue weighted by molar-refractivity contribution is 5.74. The smallest absolute Gasteiger partial charge is 0.263 e. The maximum absolute atomic E-state index is 12.5. The fourth-order valence-electron chi connectivity index (χ4n) is 3.58. The van der Waals surface area contributed by atoms with Crippen LogP contribution in [0.1, 0.15) is 20.8 Å². The number of anilines is 1. The van der Waals surface area contributed by atoms with E-state index in [9.17, 15) is 4.79 Å². The van der Waals surface area contributed by atoms with Crippen LogP contribution in [0, 0.1) is 0 Å². The molecule has 4 rings (SSSR count). The number of ether oxygens (including phenoxy) is 1. The quantitative estimate of drug-likeness (QED) is 0.814. The van der Waals surface area contributed by atoms with Gasteiger partial charge < -0.3 is 9.64 Å². The number of hydrogen-bond donors (Lipinski definition) is 1. The van der Waals surface area contributed by atoms with Crippen LogP contribution >= 0.6 is 0 Å². The molecule has 8 nitrogen and oxygen atoms in total. The number of fused-ring (bicyclic) bond motifs is 2. The van der Waals surface area contributed by atoms with E-state index < -0.39 is 0 Å². The van der Waals surface area contributed by atoms with Gasteiger partial charge in [-0.1, -0.05) is 0 Å². The van der Waals surface area contributed by atoms with Gasteiger partial charge in [-0.15, -0.1) is 0 Å². The van der Waals surface area contributed by atoms with Gasteiger partial charge in [0.25, 0.3) is 5.56 Å². The molecule has 2 unspecified atom stereocenters. The van der Waals surface area contributed by atoms with Gasteiger partial charge in [-0.3, -0.25) is 14.7 Å². The van der Waals surface area contributed by atoms with E-state index in [1.807, 2.05) is 4.68 Å². The summed E-state index contributed by atoms with van der Waals surface area (Å²) in [6.45, 7) is 9.39. The van der Waals surface area contributed by atoms with Crippen molar-refractivity contribution in [1.82, 2.24) is 24.6 Å². The first-order valence-corrected chi connectivity index (χ1v) is 8.40. The molecular formula is C16H24N6O2. The lowest BCUT2D eigenvalue weighted by molar-refractivity contribution is -0.0362. The van der Waals surface area contributed by atoms with Gasteiger partial charge in [0, 0.05) is 19.6 Å². The molecular weight excluding hydrogens is 308 g/mol. The molecule has 8 heteroatoms. The number of hydrogen-bond acceptors (Lipinski definition) is 6. The first-order chi connectivity index (χ1) is 11.3. The number of rotatable bonds is 1. The predicted molar refractivity (Wildman–Crippen MR) is 91.5 cm³/mol. The standard InChI is InChI=1S/C16H24N6O2/c1-16(2,3)22-13-10(7-17-22)14(23)19-15(18-13)21-8-11-12(9-21)24-6-5-20(11)4/h7,11-12H,5-6,8-9H2,1-4H3,(H,18,19,23). The van der Waals surface area contributed by atoms with Crippen LogP contribution in [0.4, 0.5) is 5.95 Å². The first kappa shape index (κ1) is 15.6. The number of morpholine rings is 1. The Labute approximate surface area is 140 Å². The number of aromatic nitrogens is 4. The Morgan fingerprint density at radius 1 is 1.33 bits per heavy atom. The zero-order chi connectivity index (χ0) is 17.1. The minimum Gasteiger partial charge on any atom is -0.373 e. The molecule has 2 atom stereocenters. The summed E-state index contributed by atoms with van der Waals surface area (Å²) < 4.78 is 7.70. The van der Waals surface area contributed by atoms with Crippen molar-refractivity contribution in [3.8, 4) is 0 Å². The molecule has 0 saturated carbocycles. The van der Waals surface area contributed by atoms with Crippen molar-refractivity contribution in [2.75, 3.05) is 38.2 Å². The Morgan fingerprint density at radius 2 is 2.12 bits per heavy atom. The maximum atomic E-state index is 12.5. The van der Waals surface area contributed by atoms with Crippen LogP contribution in [0.25, 0.3) is 11.0 Å². The number of nitrogens with zero attached hydrogens (tertiary/aromatic N) is 5. The molecule has 24 heavy (non-hydrogen) atoms. The summed E-state index contributed by atoms with van der Waals surface area (Å²) in [5.74, 6) is 0.602. The third-order valence-electron chi connectivity index (χ3n) is 4.94. The molecule has 0 aromatic carbocycles. The van der Waals surface area contributed by atoms with Gasteiger partial charge in [0.2, 0.25) is 5.95 Å². The van der Waals surface area contributed by atoms with Crippen molar-refractivity contribution in [3.63, 3.8) is 0 Å². The van der Waals surface area contributed by atoms with Gasteiger partial charge in [0.05, 0.1) is 30.5 Å². The summed E-state index contributed by atoms with van der Waals surface area (Å²) in [5.41, 5.74) is 0.252. The van der Waals surface area contributed by atoms with Crippen molar-refractivity contribution in [3.05, 3.63) is 16.6 Å². The molecule has 0 radical (unpaired) electrons. The van der Waals surface area contributed by atoms with Crippen molar-refractivity contribution >= 4 is 17.0 Å². The molecule has 2 aliphatic rings. The van der Waals surface area contributed by atoms with E-state index >= 15 is 0 Å². The van der Waals surface area contributed by atoms with Crippen LogP contribution in [-0.4, -0.2) is 70.1 Å². The van der Waals surface area contributed by atoms with Crippen LogP contribution < -0.4 is 10.5 Å². The van der Waals surface area contributed by atoms with Gasteiger partial charge in [-0.25, -0.2) is 4.68 Å². The minimum atomic E-state index is -0.234. The van der Waals surface area contributed by atoms with E-state index in [1.165, 1.54) is 0 Å². The van der Waals surface area contributed by atoms with Gasteiger partial charge in [-0.2, -0.15) is 10.1 Å². The van der Waals surface area contributed by atoms with E-state index in [2.05, 4.69) is 47.7 Å². The van der Waals surface area contributed by atoms with E-state index in [0.717, 1.165) is 26.2 Å². The summed E-state index contributed by atoms with van der Waals surface area (Å²) in [7, 11) is 2.12. The average Bonchev–Trinajstić information content (AvgIpc) is 3.10. The van der Waals surface area contributed by atoms with Gasteiger partial charge in [0.1, 0.15) is 5.39 Å². The lowest BCUT2D eigenvalue weighted by Crippen LogP contribution is -2.48. The predicted octanol–water partition coefficient (Wildman–Crippen LogP) is 0.394. The summed E-state index contributed by atoms with van der Waals surface area (Å²) in [5, 5.41) is 4.89. The first-order valence-electron chi connectivity index (χ1n) is 8.40. The van der Waals surface area contributed by atoms with Crippen LogP contribution in [0.3, 0.4) is 0 Å². The molecule has 2 aliphatic heterocycles. The molecule has 4 heterocycles. The Bertz CT molecular complexity index is 820. The maximum Gasteiger partial charge on any atom is 0.263 e. The van der Waals surface area contributed by atoms with E-state index in [-0.39, 0.29) is 17.2 Å². The highest BCUT2D eigenvalue weighted by Crippen LogP contribution is 2.25. The van der Waals surface area contributed by atoms with Gasteiger partial charge in [-0.05, 0) is 27.8 Å². The molecule has 0 amide bonds. The second-order valence-corrected chi connectivity index (χ2v) is 7.72. The number of nitrogens with one attached hydrogen (secondary N) is 1. The molecule has 2 aromatic rings. The number of H-pyrrole nitrogens is 1. The Hall–Kier alpha value is -1.93. The lowest BCUT2D eigenvalue weighted by Gasteiger charge is -2.33. The SMILES string of the molecule is CN1CCOC2CN(c3nc4c(cnn4C(C)(C)C)c(=O)[nH]3)CC21. The third-order valence-corrected chi connectivity index (χ3v) is 4.94. The Morgan fingerprint density at radius 3 is 2.83 bits per heavy atom. The largest absolute Gasteiger partial charge is 0.373 e. The van der Waals surface area contributed by atoms with Crippen molar-refractivity contribution in [1.29, 1.82) is 0 Å².